The van der Waals surface area contributed by atoms with Crippen LogP contribution in [0.15, 0.2) is 103 Å². The molecule has 0 aliphatic heterocycles. The van der Waals surface area contributed by atoms with Gasteiger partial charge in [0.05, 0.1) is 6.61 Å². The van der Waals surface area contributed by atoms with Crippen LogP contribution < -0.4 is 5.73 Å². The first-order chi connectivity index (χ1) is 21.9. The predicted molar refractivity (Wildman–Crippen MR) is 180 cm³/mol. The molecule has 0 heterocycles. The van der Waals surface area contributed by atoms with Crippen molar-refractivity contribution in [3.8, 4) is 5.75 Å². The molecule has 0 fully saturated rings. The van der Waals surface area contributed by atoms with Crippen molar-refractivity contribution in [2.75, 3.05) is 12.3 Å². The lowest BCUT2D eigenvalue weighted by molar-refractivity contribution is -0.141. The number of ketones is 2. The van der Waals surface area contributed by atoms with Gasteiger partial charge < -0.3 is 15.6 Å². The van der Waals surface area contributed by atoms with Crippen LogP contribution in [0.3, 0.4) is 0 Å². The number of ether oxygens (including phenoxy) is 1. The van der Waals surface area contributed by atoms with Gasteiger partial charge in [0.15, 0.2) is 5.78 Å². The van der Waals surface area contributed by atoms with Crippen LogP contribution >= 0.6 is 0 Å². The van der Waals surface area contributed by atoms with Crippen molar-refractivity contribution in [1.82, 2.24) is 0 Å². The highest BCUT2D eigenvalue weighted by molar-refractivity contribution is 5.96. The lowest BCUT2D eigenvalue weighted by Gasteiger charge is -2.13. The SMILES string of the molecule is CC.CC(=O)C(CCC(=O)c1ccc(F)cc1)Cc1ccc(O)cc1.CC(=O)OCC(C)c1ccccc1.Nc1ccc(F)cc1. The second-order valence-corrected chi connectivity index (χ2v) is 10.3. The van der Waals surface area contributed by atoms with Crippen LogP contribution in [0.5, 0.6) is 5.75 Å². The van der Waals surface area contributed by atoms with Crippen molar-refractivity contribution < 1.29 is 33.0 Å². The Morgan fingerprint density at radius 2 is 1.30 bits per heavy atom. The number of phenols is 1. The number of rotatable bonds is 10. The Balaban J connectivity index is 0.000000384. The van der Waals surface area contributed by atoms with Gasteiger partial charge in [0.25, 0.3) is 0 Å². The summed E-state index contributed by atoms with van der Waals surface area (Å²) >= 11 is 0. The number of aromatic hydroxyl groups is 1. The zero-order valence-electron chi connectivity index (χ0n) is 27.2. The van der Waals surface area contributed by atoms with Crippen LogP contribution in [0.2, 0.25) is 0 Å². The molecule has 6 nitrogen and oxygen atoms in total. The number of anilines is 1. The van der Waals surface area contributed by atoms with E-state index in [9.17, 15) is 28.3 Å². The maximum atomic E-state index is 12.9. The van der Waals surface area contributed by atoms with Crippen LogP contribution in [0.4, 0.5) is 14.5 Å². The Morgan fingerprint density at radius 3 is 1.78 bits per heavy atom. The average molecular weight is 634 g/mol. The topological polar surface area (TPSA) is 107 Å². The van der Waals surface area contributed by atoms with Gasteiger partial charge in [0, 0.05) is 36.4 Å². The number of carbonyl (C=O) groups is 3. The van der Waals surface area contributed by atoms with E-state index < -0.39 is 0 Å². The molecule has 2 atom stereocenters. The summed E-state index contributed by atoms with van der Waals surface area (Å²) in [5.41, 5.74) is 8.45. The maximum Gasteiger partial charge on any atom is 0.302 e. The molecule has 8 heteroatoms. The van der Waals surface area contributed by atoms with Gasteiger partial charge in [-0.25, -0.2) is 8.78 Å². The lowest BCUT2D eigenvalue weighted by atomic mass is 9.90. The molecule has 0 amide bonds. The minimum atomic E-state index is -0.379. The van der Waals surface area contributed by atoms with Crippen LogP contribution in [-0.4, -0.2) is 29.2 Å². The fourth-order valence-electron chi connectivity index (χ4n) is 4.03. The predicted octanol–water partition coefficient (Wildman–Crippen LogP) is 8.73. The first-order valence-electron chi connectivity index (χ1n) is 15.2. The molecule has 0 saturated carbocycles. The van der Waals surface area contributed by atoms with Crippen LogP contribution in [0.25, 0.3) is 0 Å². The van der Waals surface area contributed by atoms with Crippen molar-refractivity contribution in [2.45, 2.75) is 59.8 Å². The molecule has 0 bridgehead atoms. The highest BCUT2D eigenvalue weighted by Crippen LogP contribution is 2.19. The molecule has 4 rings (SSSR count). The van der Waals surface area contributed by atoms with Gasteiger partial charge in [-0.2, -0.15) is 0 Å². The Hall–Kier alpha value is -4.85. The molecule has 0 radical (unpaired) electrons. The fraction of sp³-hybridized carbons (Fsp3) is 0.289. The lowest BCUT2D eigenvalue weighted by Crippen LogP contribution is -2.16. The van der Waals surface area contributed by atoms with Gasteiger partial charge in [-0.3, -0.25) is 14.4 Å². The van der Waals surface area contributed by atoms with Crippen molar-refractivity contribution in [1.29, 1.82) is 0 Å². The Kier molecular flexibility index (Phi) is 18.6. The second-order valence-electron chi connectivity index (χ2n) is 10.3. The summed E-state index contributed by atoms with van der Waals surface area (Å²) in [7, 11) is 0. The number of nitrogen functional groups attached to an aromatic ring is 1. The van der Waals surface area contributed by atoms with Crippen molar-refractivity contribution in [3.05, 3.63) is 131 Å². The molecule has 46 heavy (non-hydrogen) atoms. The largest absolute Gasteiger partial charge is 0.508 e. The number of benzene rings is 4. The number of halogens is 2. The molecular formula is C38H45F2NO5. The molecule has 0 aromatic heterocycles. The number of Topliss-reactive ketones (excluding diaryl/α,β-unsaturated/α-hetero) is 2. The van der Waals surface area contributed by atoms with E-state index in [2.05, 4.69) is 0 Å². The number of hydrogen-bond donors (Lipinski definition) is 2. The number of nitrogens with two attached hydrogens (primary N) is 1. The summed E-state index contributed by atoms with van der Waals surface area (Å²) in [6.45, 7) is 9.45. The molecule has 246 valence electrons. The van der Waals surface area contributed by atoms with Gasteiger partial charge >= 0.3 is 5.97 Å². The number of esters is 1. The van der Waals surface area contributed by atoms with E-state index in [0.717, 1.165) is 5.56 Å². The van der Waals surface area contributed by atoms with E-state index in [0.29, 0.717) is 30.7 Å². The first-order valence-corrected chi connectivity index (χ1v) is 15.2. The molecule has 0 spiro atoms. The van der Waals surface area contributed by atoms with Gasteiger partial charge in [-0.05, 0) is 91.6 Å². The molecular weight excluding hydrogens is 588 g/mol. The van der Waals surface area contributed by atoms with Crippen LogP contribution in [0, 0.1) is 17.6 Å². The quantitative estimate of drug-likeness (QED) is 0.103. The van der Waals surface area contributed by atoms with E-state index in [-0.39, 0.29) is 53.2 Å². The number of phenolic OH excluding ortho intramolecular Hbond substituents is 1. The third-order valence-corrected chi connectivity index (χ3v) is 6.65. The molecule has 0 saturated heterocycles. The minimum Gasteiger partial charge on any atom is -0.508 e. The molecule has 4 aromatic rings. The van der Waals surface area contributed by atoms with E-state index in [1.54, 1.807) is 24.3 Å². The summed E-state index contributed by atoms with van der Waals surface area (Å²) in [5, 5.41) is 9.28. The smallest absolute Gasteiger partial charge is 0.302 e. The maximum absolute atomic E-state index is 12.9. The molecule has 0 aliphatic rings. The standard InChI is InChI=1S/C19H19FO3.C11H14O2.C6H6FN.C2H6/c1-13(21)16(12-14-2-9-18(22)10-3-14)6-11-19(23)15-4-7-17(20)8-5-15;1-9(8-13-10(2)12)11-6-4-3-5-7-11;7-5-1-3-6(8)4-2-5;1-2/h2-5,7-10,16,22H,6,11-12H2,1H3;3-7,9H,8H2,1-2H3;1-4H,8H2;1-2H3. The Morgan fingerprint density at radius 1 is 0.783 bits per heavy atom. The van der Waals surface area contributed by atoms with Crippen molar-refractivity contribution >= 4 is 23.2 Å². The molecule has 2 unspecified atom stereocenters. The Bertz CT molecular complexity index is 1420. The van der Waals surface area contributed by atoms with Crippen LogP contribution in [0.1, 0.15) is 74.9 Å². The van der Waals surface area contributed by atoms with E-state index in [1.165, 1.54) is 67.9 Å². The monoisotopic (exact) mass is 633 g/mol. The summed E-state index contributed by atoms with van der Waals surface area (Å²) in [6, 6.07) is 27.9. The average Bonchev–Trinajstić information content (AvgIpc) is 3.06. The van der Waals surface area contributed by atoms with Crippen molar-refractivity contribution in [2.24, 2.45) is 5.92 Å². The highest BCUT2D eigenvalue weighted by Gasteiger charge is 2.17. The normalized spacial score (nSPS) is 11.1. The number of hydrogen-bond acceptors (Lipinski definition) is 6. The second kappa shape index (κ2) is 21.8. The van der Waals surface area contributed by atoms with Gasteiger partial charge in [-0.1, -0.05) is 63.2 Å². The van der Waals surface area contributed by atoms with E-state index in [4.69, 9.17) is 10.5 Å². The summed E-state index contributed by atoms with van der Waals surface area (Å²) < 4.78 is 29.8. The van der Waals surface area contributed by atoms with Gasteiger partial charge in [-0.15, -0.1) is 0 Å². The van der Waals surface area contributed by atoms with E-state index >= 15 is 0 Å². The van der Waals surface area contributed by atoms with Crippen molar-refractivity contribution in [3.63, 3.8) is 0 Å². The first kappa shape index (κ1) is 39.2. The number of carbonyl (C=O) groups excluding carboxylic acids is 3. The van der Waals surface area contributed by atoms with Gasteiger partial charge in [0.2, 0.25) is 0 Å². The molecule has 0 aliphatic carbocycles. The zero-order valence-corrected chi connectivity index (χ0v) is 27.2. The Labute approximate surface area is 271 Å². The molecule has 4 aromatic carbocycles. The highest BCUT2D eigenvalue weighted by atomic mass is 19.1. The van der Waals surface area contributed by atoms with Crippen LogP contribution in [-0.2, 0) is 20.7 Å². The third kappa shape index (κ3) is 16.3. The summed E-state index contributed by atoms with van der Waals surface area (Å²) in [4.78, 5) is 34.5. The minimum absolute atomic E-state index is 0.0324. The molecule has 3 N–H and O–H groups in total. The third-order valence-electron chi connectivity index (χ3n) is 6.65. The summed E-state index contributed by atoms with van der Waals surface area (Å²) in [5.74, 6) is -0.710. The summed E-state index contributed by atoms with van der Waals surface area (Å²) in [6.07, 6.45) is 1.23. The zero-order chi connectivity index (χ0) is 34.5. The fourth-order valence-corrected chi connectivity index (χ4v) is 4.03. The van der Waals surface area contributed by atoms with Gasteiger partial charge in [0.1, 0.15) is 23.2 Å². The van der Waals surface area contributed by atoms with E-state index in [1.807, 2.05) is 51.1 Å².